The maximum Gasteiger partial charge on any atom is 0.330 e. The van der Waals surface area contributed by atoms with Gasteiger partial charge >= 0.3 is 5.97 Å². The summed E-state index contributed by atoms with van der Waals surface area (Å²) in [5.74, 6) is 0.0196. The number of aliphatic hydroxyl groups excluding tert-OH is 1. The first-order valence-electron chi connectivity index (χ1n) is 13.0. The number of cyclic esters (lactones) is 1. The summed E-state index contributed by atoms with van der Waals surface area (Å²) in [5, 5.41) is 10.5. The molecule has 0 fully saturated rings. The molecule has 192 valence electrons. The van der Waals surface area contributed by atoms with E-state index in [1.165, 1.54) is 17.2 Å². The Labute approximate surface area is 210 Å². The normalized spacial score (nSPS) is 36.9. The van der Waals surface area contributed by atoms with Crippen molar-refractivity contribution >= 4 is 5.97 Å². The molecule has 1 N–H and O–H groups in total. The van der Waals surface area contributed by atoms with Crippen molar-refractivity contribution in [2.24, 2.45) is 5.92 Å². The summed E-state index contributed by atoms with van der Waals surface area (Å²) in [7, 11) is 0. The second-order valence-corrected chi connectivity index (χ2v) is 10.1. The minimum absolute atomic E-state index is 0.0227. The van der Waals surface area contributed by atoms with Crippen molar-refractivity contribution in [2.75, 3.05) is 6.61 Å². The standard InChI is InChI=1S/C30H42O5/c1-22-16-17-33-28(20-22)13-5-11-27-9-4-8-25(31)19-23(2)18-24(3)21-29-14-6-10-26(34-29)12-7-15-30(32)35-27/h4-8,10,13,15-16,18,24-29,31H,9,11-12,14,17,19-21H2,1-3H3/b8-4-,13-5+,15-7-,23-18-. The van der Waals surface area contributed by atoms with Crippen molar-refractivity contribution < 1.29 is 24.1 Å². The van der Waals surface area contributed by atoms with Crippen LogP contribution in [-0.4, -0.2) is 48.2 Å². The molecule has 0 radical (unpaired) electrons. The fourth-order valence-electron chi connectivity index (χ4n) is 4.81. The van der Waals surface area contributed by atoms with Gasteiger partial charge in [-0.15, -0.1) is 0 Å². The van der Waals surface area contributed by atoms with Crippen LogP contribution in [0.4, 0.5) is 0 Å². The third kappa shape index (κ3) is 10.5. The molecule has 6 unspecified atom stereocenters. The molecule has 0 amide bonds. The minimum Gasteiger partial charge on any atom is -0.459 e. The number of carbonyl (C=O) groups excluding carboxylic acids is 1. The van der Waals surface area contributed by atoms with E-state index in [0.29, 0.717) is 38.2 Å². The lowest BCUT2D eigenvalue weighted by Gasteiger charge is -2.27. The van der Waals surface area contributed by atoms with Gasteiger partial charge < -0.3 is 19.3 Å². The molecule has 2 bridgehead atoms. The van der Waals surface area contributed by atoms with Gasteiger partial charge in [0.15, 0.2) is 0 Å². The summed E-state index contributed by atoms with van der Waals surface area (Å²) in [5.41, 5.74) is 2.50. The van der Waals surface area contributed by atoms with Crippen LogP contribution in [0.15, 0.2) is 71.9 Å². The Kier molecular flexibility index (Phi) is 11.2. The van der Waals surface area contributed by atoms with E-state index in [1.807, 2.05) is 24.3 Å². The zero-order chi connectivity index (χ0) is 25.0. The van der Waals surface area contributed by atoms with E-state index in [9.17, 15) is 9.90 Å². The van der Waals surface area contributed by atoms with Gasteiger partial charge in [0.1, 0.15) is 6.10 Å². The van der Waals surface area contributed by atoms with Crippen molar-refractivity contribution in [3.63, 3.8) is 0 Å². The van der Waals surface area contributed by atoms with Crippen molar-refractivity contribution in [3.05, 3.63) is 71.9 Å². The van der Waals surface area contributed by atoms with E-state index in [1.54, 1.807) is 0 Å². The van der Waals surface area contributed by atoms with Crippen LogP contribution in [0.25, 0.3) is 0 Å². The molecule has 0 saturated heterocycles. The monoisotopic (exact) mass is 482 g/mol. The van der Waals surface area contributed by atoms with Crippen LogP contribution in [0.3, 0.4) is 0 Å². The highest BCUT2D eigenvalue weighted by Gasteiger charge is 2.20. The Balaban J connectivity index is 1.67. The second kappa shape index (κ2) is 14.4. The molecule has 0 saturated carbocycles. The maximum absolute atomic E-state index is 12.5. The molecule has 5 heteroatoms. The van der Waals surface area contributed by atoms with Crippen LogP contribution >= 0.6 is 0 Å². The van der Waals surface area contributed by atoms with Gasteiger partial charge in [-0.2, -0.15) is 0 Å². The number of fused-ring (bicyclic) bond motifs is 2. The lowest BCUT2D eigenvalue weighted by molar-refractivity contribution is -0.142. The number of carbonyl (C=O) groups is 1. The Hall–Kier alpha value is -2.21. The molecule has 3 heterocycles. The van der Waals surface area contributed by atoms with Crippen LogP contribution in [0.5, 0.6) is 0 Å². The smallest absolute Gasteiger partial charge is 0.330 e. The lowest BCUT2D eigenvalue weighted by atomic mass is 9.95. The highest BCUT2D eigenvalue weighted by Crippen LogP contribution is 2.23. The predicted octanol–water partition coefficient (Wildman–Crippen LogP) is 5.92. The van der Waals surface area contributed by atoms with Crippen LogP contribution < -0.4 is 0 Å². The first-order chi connectivity index (χ1) is 16.9. The van der Waals surface area contributed by atoms with Crippen molar-refractivity contribution in [1.29, 1.82) is 0 Å². The number of hydrogen-bond acceptors (Lipinski definition) is 5. The summed E-state index contributed by atoms with van der Waals surface area (Å²) in [4.78, 5) is 12.5. The Morgan fingerprint density at radius 3 is 2.71 bits per heavy atom. The van der Waals surface area contributed by atoms with Crippen molar-refractivity contribution in [1.82, 2.24) is 0 Å². The molecular formula is C30H42O5. The number of esters is 1. The van der Waals surface area contributed by atoms with Gasteiger partial charge in [0.05, 0.1) is 31.0 Å². The quantitative estimate of drug-likeness (QED) is 0.399. The topological polar surface area (TPSA) is 65.0 Å². The lowest BCUT2D eigenvalue weighted by Crippen LogP contribution is -2.25. The van der Waals surface area contributed by atoms with Gasteiger partial charge in [-0.3, -0.25) is 0 Å². The average Bonchev–Trinajstić information content (AvgIpc) is 2.78. The van der Waals surface area contributed by atoms with Gasteiger partial charge in [0.25, 0.3) is 0 Å². The van der Waals surface area contributed by atoms with E-state index in [0.717, 1.165) is 19.3 Å². The van der Waals surface area contributed by atoms with E-state index in [-0.39, 0.29) is 30.4 Å². The van der Waals surface area contributed by atoms with E-state index < -0.39 is 6.10 Å². The number of allylic oxidation sites excluding steroid dienone is 1. The molecule has 0 aliphatic carbocycles. The zero-order valence-electron chi connectivity index (χ0n) is 21.5. The van der Waals surface area contributed by atoms with Crippen LogP contribution in [0.1, 0.15) is 65.7 Å². The summed E-state index contributed by atoms with van der Waals surface area (Å²) >= 11 is 0. The van der Waals surface area contributed by atoms with Gasteiger partial charge in [-0.25, -0.2) is 4.79 Å². The number of rotatable bonds is 3. The second-order valence-electron chi connectivity index (χ2n) is 10.1. The summed E-state index contributed by atoms with van der Waals surface area (Å²) < 4.78 is 17.7. The molecule has 0 aromatic rings. The highest BCUT2D eigenvalue weighted by atomic mass is 16.5. The Bertz CT molecular complexity index is 862. The summed E-state index contributed by atoms with van der Waals surface area (Å²) in [6.45, 7) is 7.02. The number of ether oxygens (including phenoxy) is 3. The van der Waals surface area contributed by atoms with Crippen LogP contribution in [0, 0.1) is 5.92 Å². The van der Waals surface area contributed by atoms with Crippen LogP contribution in [-0.2, 0) is 19.0 Å². The molecule has 0 aromatic heterocycles. The molecule has 3 rings (SSSR count). The molecule has 3 aliphatic rings. The highest BCUT2D eigenvalue weighted by molar-refractivity contribution is 5.82. The molecule has 5 nitrogen and oxygen atoms in total. The number of aliphatic hydroxyl groups is 1. The zero-order valence-corrected chi connectivity index (χ0v) is 21.5. The van der Waals surface area contributed by atoms with Gasteiger partial charge in [0, 0.05) is 18.9 Å². The molecule has 0 aromatic carbocycles. The first-order valence-corrected chi connectivity index (χ1v) is 13.0. The van der Waals surface area contributed by atoms with E-state index >= 15 is 0 Å². The Morgan fingerprint density at radius 1 is 1.06 bits per heavy atom. The molecule has 0 spiro atoms. The maximum atomic E-state index is 12.5. The third-order valence-corrected chi connectivity index (χ3v) is 6.53. The molecule has 6 atom stereocenters. The largest absolute Gasteiger partial charge is 0.459 e. The van der Waals surface area contributed by atoms with Gasteiger partial charge in [0.2, 0.25) is 0 Å². The SMILES string of the molecule is CC1=CCOC(/C=C/CC2C/C=C\C(O)C/C(C)=C\C(C)CC3CC=CC(C/C=C\C(=O)O2)O3)C1. The number of hydrogen-bond donors (Lipinski definition) is 1. The van der Waals surface area contributed by atoms with Gasteiger partial charge in [-0.05, 0) is 51.9 Å². The van der Waals surface area contributed by atoms with E-state index in [2.05, 4.69) is 51.2 Å². The molecule has 3 aliphatic heterocycles. The minimum atomic E-state index is -0.562. The predicted molar refractivity (Wildman–Crippen MR) is 140 cm³/mol. The van der Waals surface area contributed by atoms with Crippen LogP contribution in [0.2, 0.25) is 0 Å². The fraction of sp³-hybridized carbons (Fsp3) is 0.567. The van der Waals surface area contributed by atoms with Crippen molar-refractivity contribution in [3.8, 4) is 0 Å². The summed E-state index contributed by atoms with van der Waals surface area (Å²) in [6, 6.07) is 0. The molecule has 35 heavy (non-hydrogen) atoms. The third-order valence-electron chi connectivity index (χ3n) is 6.53. The fourth-order valence-corrected chi connectivity index (χ4v) is 4.81. The van der Waals surface area contributed by atoms with Crippen molar-refractivity contribution in [2.45, 2.75) is 96.2 Å². The summed E-state index contributed by atoms with van der Waals surface area (Å²) in [6.07, 6.45) is 24.2. The average molecular weight is 483 g/mol. The first kappa shape index (κ1) is 27.4. The van der Waals surface area contributed by atoms with E-state index in [4.69, 9.17) is 14.2 Å². The molecular weight excluding hydrogens is 440 g/mol. The van der Waals surface area contributed by atoms with Gasteiger partial charge in [-0.1, -0.05) is 72.8 Å². The Morgan fingerprint density at radius 2 is 1.89 bits per heavy atom.